The Balaban J connectivity index is 2.24. The maximum Gasteiger partial charge on any atom is 0.221 e. The van der Waals surface area contributed by atoms with Crippen LogP contribution in [0.5, 0.6) is 23.0 Å². The summed E-state index contributed by atoms with van der Waals surface area (Å²) in [4.78, 5) is 16.4. The van der Waals surface area contributed by atoms with Gasteiger partial charge in [-0.1, -0.05) is 0 Å². The number of aryl methyl sites for hydroxylation is 1. The van der Waals surface area contributed by atoms with Gasteiger partial charge in [0.15, 0.2) is 11.5 Å². The van der Waals surface area contributed by atoms with Crippen LogP contribution >= 0.6 is 0 Å². The highest BCUT2D eigenvalue weighted by Gasteiger charge is 2.17. The Morgan fingerprint density at radius 1 is 0.828 bits per heavy atom. The number of hydrogen-bond donors (Lipinski definition) is 1. The van der Waals surface area contributed by atoms with E-state index in [4.69, 9.17) is 23.9 Å². The first-order chi connectivity index (χ1) is 13.9. The fraction of sp³-hybridized carbons (Fsp3) is 0.273. The van der Waals surface area contributed by atoms with Crippen molar-refractivity contribution in [3.05, 3.63) is 35.9 Å². The molecule has 0 unspecified atom stereocenters. The van der Waals surface area contributed by atoms with Gasteiger partial charge in [-0.15, -0.1) is 0 Å². The first kappa shape index (κ1) is 20.3. The van der Waals surface area contributed by atoms with Crippen molar-refractivity contribution in [2.75, 3.05) is 33.8 Å². The number of carbonyl (C=O) groups excluding carboxylic acids is 1. The van der Waals surface area contributed by atoms with Crippen molar-refractivity contribution in [1.82, 2.24) is 4.98 Å². The zero-order valence-corrected chi connectivity index (χ0v) is 17.4. The molecule has 1 heterocycles. The van der Waals surface area contributed by atoms with Gasteiger partial charge in [-0.25, -0.2) is 4.98 Å². The fourth-order valence-corrected chi connectivity index (χ4v) is 3.25. The SMILES string of the molecule is COc1cc2c(C)cc(-c3cc(OC)c(OC)cc3OC)nc2cc1NC(C)=O. The van der Waals surface area contributed by atoms with E-state index in [0.29, 0.717) is 34.4 Å². The summed E-state index contributed by atoms with van der Waals surface area (Å²) < 4.78 is 21.8. The van der Waals surface area contributed by atoms with Gasteiger partial charge in [0.2, 0.25) is 5.91 Å². The first-order valence-electron chi connectivity index (χ1n) is 8.99. The number of anilines is 1. The van der Waals surface area contributed by atoms with Crippen LogP contribution in [0.1, 0.15) is 12.5 Å². The lowest BCUT2D eigenvalue weighted by molar-refractivity contribution is -0.114. The van der Waals surface area contributed by atoms with E-state index in [1.807, 2.05) is 25.1 Å². The summed E-state index contributed by atoms with van der Waals surface area (Å²) in [6, 6.07) is 9.26. The van der Waals surface area contributed by atoms with Crippen LogP contribution in [0.2, 0.25) is 0 Å². The zero-order chi connectivity index (χ0) is 21.1. The van der Waals surface area contributed by atoms with Gasteiger partial charge in [0.05, 0.1) is 45.3 Å². The molecule has 0 bridgehead atoms. The van der Waals surface area contributed by atoms with Crippen molar-refractivity contribution in [3.8, 4) is 34.3 Å². The average Bonchev–Trinajstić information content (AvgIpc) is 2.71. The average molecular weight is 396 g/mol. The second-order valence-corrected chi connectivity index (χ2v) is 6.48. The van der Waals surface area contributed by atoms with Gasteiger partial charge >= 0.3 is 0 Å². The predicted octanol–water partition coefficient (Wildman–Crippen LogP) is 4.20. The monoisotopic (exact) mass is 396 g/mol. The zero-order valence-electron chi connectivity index (χ0n) is 17.4. The number of hydrogen-bond acceptors (Lipinski definition) is 6. The molecule has 1 aromatic heterocycles. The first-order valence-corrected chi connectivity index (χ1v) is 8.99. The molecule has 1 N–H and O–H groups in total. The second-order valence-electron chi connectivity index (χ2n) is 6.48. The molecule has 7 nitrogen and oxygen atoms in total. The number of carbonyl (C=O) groups is 1. The van der Waals surface area contributed by atoms with Crippen LogP contribution in [-0.4, -0.2) is 39.3 Å². The van der Waals surface area contributed by atoms with Gasteiger partial charge in [-0.05, 0) is 36.8 Å². The van der Waals surface area contributed by atoms with Gasteiger partial charge < -0.3 is 24.3 Å². The van der Waals surface area contributed by atoms with Crippen molar-refractivity contribution in [3.63, 3.8) is 0 Å². The maximum absolute atomic E-state index is 11.6. The van der Waals surface area contributed by atoms with E-state index in [2.05, 4.69) is 5.32 Å². The highest BCUT2D eigenvalue weighted by atomic mass is 16.5. The molecular weight excluding hydrogens is 372 g/mol. The van der Waals surface area contributed by atoms with E-state index in [1.165, 1.54) is 6.92 Å². The molecule has 3 rings (SSSR count). The molecule has 29 heavy (non-hydrogen) atoms. The molecule has 0 fully saturated rings. The number of fused-ring (bicyclic) bond motifs is 1. The molecule has 1 amide bonds. The molecule has 3 aromatic rings. The summed E-state index contributed by atoms with van der Waals surface area (Å²) in [5.74, 6) is 2.16. The molecular formula is C22H24N2O5. The van der Waals surface area contributed by atoms with E-state index in [9.17, 15) is 4.79 Å². The van der Waals surface area contributed by atoms with Gasteiger partial charge in [-0.3, -0.25) is 4.79 Å². The van der Waals surface area contributed by atoms with Crippen molar-refractivity contribution < 1.29 is 23.7 Å². The number of nitrogens with zero attached hydrogens (tertiary/aromatic N) is 1. The number of methoxy groups -OCH3 is 4. The Kier molecular flexibility index (Phi) is 5.77. The molecule has 0 aliphatic rings. The van der Waals surface area contributed by atoms with Crippen molar-refractivity contribution >= 4 is 22.5 Å². The van der Waals surface area contributed by atoms with E-state index >= 15 is 0 Å². The van der Waals surface area contributed by atoms with E-state index in [0.717, 1.165) is 22.0 Å². The Bertz CT molecular complexity index is 1080. The van der Waals surface area contributed by atoms with E-state index < -0.39 is 0 Å². The van der Waals surface area contributed by atoms with Crippen LogP contribution in [0, 0.1) is 6.92 Å². The minimum atomic E-state index is -0.183. The van der Waals surface area contributed by atoms with E-state index in [-0.39, 0.29) is 5.91 Å². The number of benzene rings is 2. The molecule has 0 saturated carbocycles. The smallest absolute Gasteiger partial charge is 0.221 e. The Hall–Kier alpha value is -3.48. The van der Waals surface area contributed by atoms with Crippen molar-refractivity contribution in [1.29, 1.82) is 0 Å². The van der Waals surface area contributed by atoms with Crippen LogP contribution in [-0.2, 0) is 4.79 Å². The molecule has 7 heteroatoms. The lowest BCUT2D eigenvalue weighted by atomic mass is 10.0. The van der Waals surface area contributed by atoms with Crippen LogP contribution in [0.4, 0.5) is 5.69 Å². The van der Waals surface area contributed by atoms with E-state index in [1.54, 1.807) is 40.6 Å². The minimum Gasteiger partial charge on any atom is -0.496 e. The molecule has 0 spiro atoms. The standard InChI is InChI=1S/C22H24N2O5/c1-12-7-16(15-9-21(28-5)22(29-6)11-19(15)26-3)24-17-10-18(23-13(2)25)20(27-4)8-14(12)17/h7-11H,1-6H3,(H,23,25). The third-order valence-corrected chi connectivity index (χ3v) is 4.63. The summed E-state index contributed by atoms with van der Waals surface area (Å²) in [6.45, 7) is 3.45. The number of rotatable bonds is 6. The van der Waals surface area contributed by atoms with Gasteiger partial charge in [0, 0.05) is 23.9 Å². The lowest BCUT2D eigenvalue weighted by Crippen LogP contribution is -2.07. The number of amides is 1. The summed E-state index contributed by atoms with van der Waals surface area (Å²) in [6.07, 6.45) is 0. The maximum atomic E-state index is 11.6. The highest BCUT2D eigenvalue weighted by Crippen LogP contribution is 2.41. The minimum absolute atomic E-state index is 0.183. The van der Waals surface area contributed by atoms with Gasteiger partial charge in [0.25, 0.3) is 0 Å². The largest absolute Gasteiger partial charge is 0.496 e. The van der Waals surface area contributed by atoms with Crippen LogP contribution in [0.25, 0.3) is 22.2 Å². The third kappa shape index (κ3) is 3.89. The molecule has 152 valence electrons. The van der Waals surface area contributed by atoms with Crippen LogP contribution in [0.15, 0.2) is 30.3 Å². The summed E-state index contributed by atoms with van der Waals surface area (Å²) in [5.41, 5.74) is 3.78. The topological polar surface area (TPSA) is 78.9 Å². The highest BCUT2D eigenvalue weighted by molar-refractivity contribution is 5.96. The van der Waals surface area contributed by atoms with Crippen LogP contribution < -0.4 is 24.3 Å². The van der Waals surface area contributed by atoms with Crippen molar-refractivity contribution in [2.45, 2.75) is 13.8 Å². The quantitative estimate of drug-likeness (QED) is 0.673. The predicted molar refractivity (Wildman–Crippen MR) is 112 cm³/mol. The third-order valence-electron chi connectivity index (χ3n) is 4.63. The Labute approximate surface area is 169 Å². The Morgan fingerprint density at radius 3 is 2.03 bits per heavy atom. The van der Waals surface area contributed by atoms with Gasteiger partial charge in [0.1, 0.15) is 11.5 Å². The number of pyridine rings is 1. The molecule has 0 aliphatic carbocycles. The molecule has 0 atom stereocenters. The van der Waals surface area contributed by atoms with Gasteiger partial charge in [-0.2, -0.15) is 0 Å². The summed E-state index contributed by atoms with van der Waals surface area (Å²) in [7, 11) is 6.32. The molecule has 0 radical (unpaired) electrons. The second kappa shape index (κ2) is 8.26. The summed E-state index contributed by atoms with van der Waals surface area (Å²) in [5, 5.41) is 3.72. The number of nitrogens with one attached hydrogen (secondary N) is 1. The molecule has 0 aliphatic heterocycles. The molecule has 2 aromatic carbocycles. The molecule has 0 saturated heterocycles. The van der Waals surface area contributed by atoms with Crippen molar-refractivity contribution in [2.24, 2.45) is 0 Å². The normalized spacial score (nSPS) is 10.6. The van der Waals surface area contributed by atoms with Crippen LogP contribution in [0.3, 0.4) is 0 Å². The fourth-order valence-electron chi connectivity index (χ4n) is 3.25. The number of aromatic nitrogens is 1. The number of ether oxygens (including phenoxy) is 4. The summed E-state index contributed by atoms with van der Waals surface area (Å²) >= 11 is 0. The Morgan fingerprint density at radius 2 is 1.45 bits per heavy atom. The lowest BCUT2D eigenvalue weighted by Gasteiger charge is -2.16.